The van der Waals surface area contributed by atoms with Gasteiger partial charge in [0.1, 0.15) is 5.60 Å². The second-order valence-electron chi connectivity index (χ2n) is 13.4. The maximum atomic E-state index is 14.1. The number of benzene rings is 2. The molecule has 0 N–H and O–H groups in total. The van der Waals surface area contributed by atoms with E-state index in [9.17, 15) is 35.9 Å². The SMILES string of the molecule is CC(C)(C)OC(=O)n1cc(C[C@@H]2CN3CC(c4ccccn4)=CC[C@@H]3CN2C(=O)c2cc(C(F)(F)F)cc(C(F)(F)F)c2)c2ccccc21. The number of carbonyl (C=O) groups is 2. The first-order valence-electron chi connectivity index (χ1n) is 15.8. The van der Waals surface area contributed by atoms with Crippen molar-refractivity contribution in [1.29, 1.82) is 0 Å². The summed E-state index contributed by atoms with van der Waals surface area (Å²) in [5.41, 5.74) is -1.59. The van der Waals surface area contributed by atoms with Crippen LogP contribution in [0.25, 0.3) is 16.5 Å². The van der Waals surface area contributed by atoms with Crippen LogP contribution in [0.1, 0.15) is 59.9 Å². The molecule has 2 aliphatic rings. The van der Waals surface area contributed by atoms with Gasteiger partial charge >= 0.3 is 18.4 Å². The fraction of sp³-hybridized carbons (Fsp3) is 0.361. The fourth-order valence-electron chi connectivity index (χ4n) is 6.52. The molecular formula is C36H34F6N4O3. The predicted octanol–water partition coefficient (Wildman–Crippen LogP) is 8.08. The number of amides is 1. The van der Waals surface area contributed by atoms with E-state index in [1.807, 2.05) is 30.3 Å². The highest BCUT2D eigenvalue weighted by atomic mass is 19.4. The van der Waals surface area contributed by atoms with Crippen LogP contribution >= 0.6 is 0 Å². The molecule has 0 saturated carbocycles. The maximum absolute atomic E-state index is 14.1. The van der Waals surface area contributed by atoms with Crippen molar-refractivity contribution in [3.8, 4) is 0 Å². The quantitative estimate of drug-likeness (QED) is 0.204. The molecule has 1 amide bonds. The molecule has 0 bridgehead atoms. The van der Waals surface area contributed by atoms with Gasteiger partial charge in [0.05, 0.1) is 22.3 Å². The third-order valence-corrected chi connectivity index (χ3v) is 8.75. The molecule has 4 aromatic rings. The van der Waals surface area contributed by atoms with Crippen LogP contribution in [0, 0.1) is 0 Å². The number of para-hydroxylation sites is 1. The van der Waals surface area contributed by atoms with Crippen molar-refractivity contribution in [2.45, 2.75) is 63.7 Å². The van der Waals surface area contributed by atoms with Crippen LogP contribution in [0.15, 0.2) is 79.1 Å². The Kier molecular flexibility index (Phi) is 8.85. The number of carbonyl (C=O) groups excluding carboxylic acids is 2. The number of pyridine rings is 1. The van der Waals surface area contributed by atoms with E-state index in [0.29, 0.717) is 41.6 Å². The molecule has 2 aromatic carbocycles. The van der Waals surface area contributed by atoms with Gasteiger partial charge in [-0.25, -0.2) is 4.79 Å². The van der Waals surface area contributed by atoms with Crippen molar-refractivity contribution < 1.29 is 40.7 Å². The monoisotopic (exact) mass is 684 g/mol. The van der Waals surface area contributed by atoms with Crippen molar-refractivity contribution in [3.63, 3.8) is 0 Å². The van der Waals surface area contributed by atoms with E-state index in [1.165, 1.54) is 9.47 Å². The maximum Gasteiger partial charge on any atom is 0.419 e. The largest absolute Gasteiger partial charge is 0.443 e. The van der Waals surface area contributed by atoms with Crippen molar-refractivity contribution in [3.05, 3.63) is 107 Å². The summed E-state index contributed by atoms with van der Waals surface area (Å²) >= 11 is 0. The van der Waals surface area contributed by atoms with Crippen LogP contribution in [-0.4, -0.2) is 68.7 Å². The first-order chi connectivity index (χ1) is 23.0. The van der Waals surface area contributed by atoms with Crippen molar-refractivity contribution in [1.82, 2.24) is 19.4 Å². The third-order valence-electron chi connectivity index (χ3n) is 8.75. The average Bonchev–Trinajstić information content (AvgIpc) is 3.41. The Labute approximate surface area is 278 Å². The summed E-state index contributed by atoms with van der Waals surface area (Å²) in [7, 11) is 0. The number of halogens is 6. The molecular weight excluding hydrogens is 650 g/mol. The molecule has 6 rings (SSSR count). The van der Waals surface area contributed by atoms with Gasteiger partial charge < -0.3 is 9.64 Å². The summed E-state index contributed by atoms with van der Waals surface area (Å²) in [5, 5.41) is 0.703. The lowest BCUT2D eigenvalue weighted by Crippen LogP contribution is -2.61. The lowest BCUT2D eigenvalue weighted by molar-refractivity contribution is -0.143. The number of rotatable bonds is 4. The van der Waals surface area contributed by atoms with Gasteiger partial charge in [0.15, 0.2) is 0 Å². The Morgan fingerprint density at radius 2 is 1.57 bits per heavy atom. The Morgan fingerprint density at radius 1 is 0.898 bits per heavy atom. The second kappa shape index (κ2) is 12.7. The standard InChI is InChI=1S/C36H34F6N4O3/c1-34(2,3)49-33(48)46-19-24(29-8-4-5-10-31(29)46)16-28-20-44-18-22(30-9-6-7-13-43-30)11-12-27(44)21-45(28)32(47)23-14-25(35(37,38)39)17-26(15-23)36(40,41)42/h4-11,13-15,17,19,27-28H,12,16,18,20-21H2,1-3H3/t27-,28-/m1/s1. The molecule has 0 unspecified atom stereocenters. The molecule has 0 aliphatic carbocycles. The molecule has 4 heterocycles. The van der Waals surface area contributed by atoms with Gasteiger partial charge in [-0.2, -0.15) is 26.3 Å². The van der Waals surface area contributed by atoms with Crippen LogP contribution < -0.4 is 0 Å². The minimum Gasteiger partial charge on any atom is -0.443 e. The van der Waals surface area contributed by atoms with E-state index in [2.05, 4.69) is 9.88 Å². The van der Waals surface area contributed by atoms with E-state index in [1.54, 1.807) is 51.4 Å². The Balaban J connectivity index is 1.40. The zero-order valence-corrected chi connectivity index (χ0v) is 27.0. The first-order valence-corrected chi connectivity index (χ1v) is 15.8. The zero-order valence-electron chi connectivity index (χ0n) is 27.0. The second-order valence-corrected chi connectivity index (χ2v) is 13.4. The lowest BCUT2D eigenvalue weighted by atomic mass is 9.92. The lowest BCUT2D eigenvalue weighted by Gasteiger charge is -2.48. The Morgan fingerprint density at radius 3 is 2.20 bits per heavy atom. The summed E-state index contributed by atoms with van der Waals surface area (Å²) in [5.74, 6) is -0.934. The summed E-state index contributed by atoms with van der Waals surface area (Å²) < 4.78 is 89.6. The van der Waals surface area contributed by atoms with E-state index < -0.39 is 52.7 Å². The molecule has 13 heteroatoms. The molecule has 258 valence electrons. The Hall–Kier alpha value is -4.65. The summed E-state index contributed by atoms with van der Waals surface area (Å²) in [6.45, 7) is 6.05. The number of aromatic nitrogens is 2. The minimum absolute atomic E-state index is 0.0167. The molecule has 7 nitrogen and oxygen atoms in total. The smallest absolute Gasteiger partial charge is 0.419 e. The molecule has 1 fully saturated rings. The van der Waals surface area contributed by atoms with Gasteiger partial charge in [-0.05, 0) is 81.1 Å². The molecule has 2 atom stereocenters. The van der Waals surface area contributed by atoms with E-state index in [-0.39, 0.29) is 31.6 Å². The molecule has 49 heavy (non-hydrogen) atoms. The number of hydrogen-bond donors (Lipinski definition) is 0. The number of nitrogens with zero attached hydrogens (tertiary/aromatic N) is 4. The van der Waals surface area contributed by atoms with Gasteiger partial charge in [0.25, 0.3) is 5.91 Å². The van der Waals surface area contributed by atoms with Gasteiger partial charge in [-0.15, -0.1) is 0 Å². The number of piperazine rings is 1. The molecule has 2 aromatic heterocycles. The van der Waals surface area contributed by atoms with Crippen LogP contribution in [0.3, 0.4) is 0 Å². The summed E-state index contributed by atoms with van der Waals surface area (Å²) in [6, 6.07) is 12.8. The number of ether oxygens (including phenoxy) is 1. The molecule has 2 aliphatic heterocycles. The van der Waals surface area contributed by atoms with E-state index in [0.717, 1.165) is 11.3 Å². The van der Waals surface area contributed by atoms with Gasteiger partial charge in [0.2, 0.25) is 0 Å². The van der Waals surface area contributed by atoms with Crippen molar-refractivity contribution in [2.24, 2.45) is 0 Å². The highest BCUT2D eigenvalue weighted by Crippen LogP contribution is 2.38. The number of hydrogen-bond acceptors (Lipinski definition) is 5. The van der Waals surface area contributed by atoms with Gasteiger partial charge in [-0.3, -0.25) is 19.2 Å². The van der Waals surface area contributed by atoms with Gasteiger partial charge in [-0.1, -0.05) is 30.3 Å². The molecule has 1 saturated heterocycles. The van der Waals surface area contributed by atoms with Crippen molar-refractivity contribution >= 4 is 28.5 Å². The van der Waals surface area contributed by atoms with E-state index in [4.69, 9.17) is 4.74 Å². The van der Waals surface area contributed by atoms with Gasteiger partial charge in [0, 0.05) is 55.1 Å². The summed E-state index contributed by atoms with van der Waals surface area (Å²) in [6.07, 6.45) is -4.84. The highest BCUT2D eigenvalue weighted by Gasteiger charge is 2.41. The van der Waals surface area contributed by atoms with Crippen LogP contribution in [0.5, 0.6) is 0 Å². The first kappa shape index (κ1) is 34.2. The normalized spacial score (nSPS) is 19.0. The Bertz CT molecular complexity index is 1880. The minimum atomic E-state index is -5.10. The fourth-order valence-corrected chi connectivity index (χ4v) is 6.52. The van der Waals surface area contributed by atoms with E-state index >= 15 is 0 Å². The highest BCUT2D eigenvalue weighted by molar-refractivity contribution is 5.95. The third kappa shape index (κ3) is 7.36. The van der Waals surface area contributed by atoms with Crippen LogP contribution in [0.4, 0.5) is 31.1 Å². The zero-order chi connectivity index (χ0) is 35.3. The average molecular weight is 685 g/mol. The predicted molar refractivity (Wildman–Crippen MR) is 171 cm³/mol. The summed E-state index contributed by atoms with van der Waals surface area (Å²) in [4.78, 5) is 35.3. The topological polar surface area (TPSA) is 67.7 Å². The van der Waals surface area contributed by atoms with Crippen LogP contribution in [0.2, 0.25) is 0 Å². The molecule has 0 radical (unpaired) electrons. The van der Waals surface area contributed by atoms with Crippen LogP contribution in [-0.2, 0) is 23.5 Å². The molecule has 0 spiro atoms. The number of fused-ring (bicyclic) bond motifs is 2. The van der Waals surface area contributed by atoms with Crippen molar-refractivity contribution in [2.75, 3.05) is 19.6 Å². The number of alkyl halides is 6.